The predicted octanol–water partition coefficient (Wildman–Crippen LogP) is -0.162. The third-order valence-electron chi connectivity index (χ3n) is 0.704. The van der Waals surface area contributed by atoms with Gasteiger partial charge in [-0.25, -0.2) is 0 Å². The van der Waals surface area contributed by atoms with Crippen LogP contribution in [0.4, 0.5) is 0 Å². The van der Waals surface area contributed by atoms with E-state index in [0.29, 0.717) is 6.10 Å². The summed E-state index contributed by atoms with van der Waals surface area (Å²) < 4.78 is 9.21. The topological polar surface area (TPSA) is 59.2 Å². The van der Waals surface area contributed by atoms with Gasteiger partial charge in [0.2, 0.25) is 0 Å². The van der Waals surface area contributed by atoms with Gasteiger partial charge in [0.05, 0.1) is 25.9 Å². The highest BCUT2D eigenvalue weighted by Crippen LogP contribution is 2.04. The Balaban J connectivity index is 0.000000124. The Morgan fingerprint density at radius 3 is 1.60 bits per heavy atom. The number of hydrogen-bond donors (Lipinski definition) is 0. The molecule has 2 rings (SSSR count). The van der Waals surface area contributed by atoms with Crippen LogP contribution in [0.1, 0.15) is 6.92 Å². The third kappa shape index (κ3) is 26.6. The summed E-state index contributed by atoms with van der Waals surface area (Å²) in [5.74, 6) is 0. The molecule has 4 heteroatoms. The molecule has 10 heavy (non-hydrogen) atoms. The minimum absolute atomic E-state index is 0.250. The Labute approximate surface area is 59.1 Å². The van der Waals surface area contributed by atoms with Crippen LogP contribution in [0.2, 0.25) is 0 Å². The van der Waals surface area contributed by atoms with Crippen molar-refractivity contribution in [3.63, 3.8) is 0 Å². The summed E-state index contributed by atoms with van der Waals surface area (Å²) in [4.78, 5) is 16.2. The average Bonchev–Trinajstić information content (AvgIpc) is 2.63. The van der Waals surface area contributed by atoms with E-state index in [-0.39, 0.29) is 6.15 Å². The normalized spacial score (nSPS) is 23.9. The fourth-order valence-electron chi connectivity index (χ4n) is 0.0962. The molecule has 2 fully saturated rings. The van der Waals surface area contributed by atoms with Crippen LogP contribution >= 0.6 is 0 Å². The molecule has 0 saturated carbocycles. The molecule has 2 heterocycles. The Hall–Kier alpha value is -0.700. The zero-order valence-corrected chi connectivity index (χ0v) is 5.83. The van der Waals surface area contributed by atoms with E-state index in [1.54, 1.807) is 0 Å². The second kappa shape index (κ2) is 6.42. The minimum Gasteiger partial charge on any atom is -0.377 e. The molecule has 1 unspecified atom stereocenters. The number of hydrogen-bond acceptors (Lipinski definition) is 4. The van der Waals surface area contributed by atoms with Crippen molar-refractivity contribution < 1.29 is 19.1 Å². The molecule has 2 aliphatic rings. The van der Waals surface area contributed by atoms with Gasteiger partial charge in [-0.05, 0) is 6.92 Å². The summed E-state index contributed by atoms with van der Waals surface area (Å²) in [6.07, 6.45) is 0.833. The van der Waals surface area contributed by atoms with Crippen LogP contribution in [0, 0.1) is 0 Å². The number of rotatable bonds is 0. The zero-order valence-electron chi connectivity index (χ0n) is 5.83. The lowest BCUT2D eigenvalue weighted by atomic mass is 10.6. The first-order valence-electron chi connectivity index (χ1n) is 3.00. The van der Waals surface area contributed by atoms with Crippen molar-refractivity contribution >= 4 is 6.15 Å². The van der Waals surface area contributed by atoms with Gasteiger partial charge in [-0.1, -0.05) is 0 Å². The van der Waals surface area contributed by atoms with Gasteiger partial charge in [-0.3, -0.25) is 0 Å². The van der Waals surface area contributed by atoms with Gasteiger partial charge in [0.15, 0.2) is 0 Å². The molecule has 2 saturated heterocycles. The van der Waals surface area contributed by atoms with Crippen LogP contribution in [-0.2, 0) is 19.1 Å². The molecule has 4 nitrogen and oxygen atoms in total. The van der Waals surface area contributed by atoms with Gasteiger partial charge in [0, 0.05) is 0 Å². The summed E-state index contributed by atoms with van der Waals surface area (Å²) in [6.45, 7) is 5.04. The minimum atomic E-state index is 0.250. The van der Waals surface area contributed by atoms with Gasteiger partial charge in [-0.2, -0.15) is 9.59 Å². The molecule has 0 aromatic rings. The van der Waals surface area contributed by atoms with Crippen LogP contribution in [0.25, 0.3) is 0 Å². The number of ether oxygens (including phenoxy) is 2. The molecular weight excluding hydrogens is 136 g/mol. The van der Waals surface area contributed by atoms with Gasteiger partial charge in [0.1, 0.15) is 0 Å². The molecular formula is C6H10O4. The first kappa shape index (κ1) is 9.30. The predicted molar refractivity (Wildman–Crippen MR) is 31.2 cm³/mol. The summed E-state index contributed by atoms with van der Waals surface area (Å²) in [5.41, 5.74) is 0. The fourth-order valence-corrected chi connectivity index (χ4v) is 0.0962. The van der Waals surface area contributed by atoms with Crippen molar-refractivity contribution in [1.29, 1.82) is 0 Å². The number of carbonyl (C=O) groups excluding carboxylic acids is 2. The molecule has 0 N–H and O–H groups in total. The van der Waals surface area contributed by atoms with E-state index in [1.807, 2.05) is 0 Å². The Morgan fingerprint density at radius 1 is 1.40 bits per heavy atom. The van der Waals surface area contributed by atoms with Crippen molar-refractivity contribution in [1.82, 2.24) is 0 Å². The van der Waals surface area contributed by atoms with E-state index >= 15 is 0 Å². The van der Waals surface area contributed by atoms with Gasteiger partial charge >= 0.3 is 6.15 Å². The molecule has 0 aromatic carbocycles. The molecule has 1 atom stereocenters. The van der Waals surface area contributed by atoms with Crippen LogP contribution in [0.5, 0.6) is 0 Å². The van der Waals surface area contributed by atoms with Crippen molar-refractivity contribution in [2.45, 2.75) is 13.0 Å². The van der Waals surface area contributed by atoms with E-state index in [1.165, 1.54) is 0 Å². The Bertz CT molecular complexity index is 97.6. The maximum atomic E-state index is 8.12. The molecule has 58 valence electrons. The molecule has 0 bridgehead atoms. The zero-order chi connectivity index (χ0) is 7.82. The Kier molecular flexibility index (Phi) is 5.97. The van der Waals surface area contributed by atoms with Crippen molar-refractivity contribution in [2.24, 2.45) is 0 Å². The SMILES string of the molecule is C1CO1.CC1CO1.O=C=O. The van der Waals surface area contributed by atoms with E-state index < -0.39 is 0 Å². The first-order valence-corrected chi connectivity index (χ1v) is 3.00. The largest absolute Gasteiger partial charge is 0.377 e. The summed E-state index contributed by atoms with van der Waals surface area (Å²) in [5, 5.41) is 0. The first-order chi connectivity index (χ1) is 4.81. The van der Waals surface area contributed by atoms with E-state index in [0.717, 1.165) is 19.8 Å². The van der Waals surface area contributed by atoms with Crippen LogP contribution in [0.15, 0.2) is 0 Å². The van der Waals surface area contributed by atoms with E-state index in [4.69, 9.17) is 14.3 Å². The molecule has 0 spiro atoms. The maximum absolute atomic E-state index is 8.12. The smallest absolute Gasteiger partial charge is 0.373 e. The standard InChI is InChI=1S/C3H6O.C2H4O.CO2/c1-3-2-4-3;1-2-3-1;2-1-3/h3H,2H2,1H3;1-2H2;. The second-order valence-corrected chi connectivity index (χ2v) is 1.84. The maximum Gasteiger partial charge on any atom is 0.373 e. The highest BCUT2D eigenvalue weighted by molar-refractivity contribution is 5.20. The summed E-state index contributed by atoms with van der Waals surface area (Å²) >= 11 is 0. The van der Waals surface area contributed by atoms with Crippen LogP contribution < -0.4 is 0 Å². The highest BCUT2D eigenvalue weighted by atomic mass is 16.6. The van der Waals surface area contributed by atoms with Crippen molar-refractivity contribution in [3.05, 3.63) is 0 Å². The van der Waals surface area contributed by atoms with Crippen molar-refractivity contribution in [3.8, 4) is 0 Å². The Morgan fingerprint density at radius 2 is 1.60 bits per heavy atom. The molecule has 0 amide bonds. The van der Waals surface area contributed by atoms with Crippen LogP contribution in [0.3, 0.4) is 0 Å². The lowest BCUT2D eigenvalue weighted by Crippen LogP contribution is -1.60. The molecule has 0 aliphatic carbocycles. The summed E-state index contributed by atoms with van der Waals surface area (Å²) in [7, 11) is 0. The lowest BCUT2D eigenvalue weighted by molar-refractivity contribution is -0.191. The van der Waals surface area contributed by atoms with Crippen LogP contribution in [-0.4, -0.2) is 32.1 Å². The fraction of sp³-hybridized carbons (Fsp3) is 0.833. The van der Waals surface area contributed by atoms with Gasteiger partial charge in [-0.15, -0.1) is 0 Å². The molecule has 2 aliphatic heterocycles. The van der Waals surface area contributed by atoms with Gasteiger partial charge in [0.25, 0.3) is 0 Å². The summed E-state index contributed by atoms with van der Waals surface area (Å²) in [6, 6.07) is 0. The van der Waals surface area contributed by atoms with E-state index in [9.17, 15) is 0 Å². The quantitative estimate of drug-likeness (QED) is 0.445. The average molecular weight is 146 g/mol. The lowest BCUT2D eigenvalue weighted by Gasteiger charge is -1.50. The molecule has 0 radical (unpaired) electrons. The number of epoxide rings is 2. The third-order valence-corrected chi connectivity index (χ3v) is 0.704. The van der Waals surface area contributed by atoms with Gasteiger partial charge < -0.3 is 9.47 Å². The second-order valence-electron chi connectivity index (χ2n) is 1.84. The highest BCUT2D eigenvalue weighted by Gasteiger charge is 2.13. The van der Waals surface area contributed by atoms with E-state index in [2.05, 4.69) is 11.7 Å². The molecule has 0 aromatic heterocycles. The van der Waals surface area contributed by atoms with Crippen molar-refractivity contribution in [2.75, 3.05) is 19.8 Å². The monoisotopic (exact) mass is 146 g/mol.